The number of amides is 2. The smallest absolute Gasteiger partial charge is 0.258 e. The van der Waals surface area contributed by atoms with E-state index in [1.165, 1.54) is 5.56 Å². The Balaban J connectivity index is 1.50. The second-order valence-corrected chi connectivity index (χ2v) is 7.59. The molecule has 0 fully saturated rings. The van der Waals surface area contributed by atoms with Crippen molar-refractivity contribution >= 4 is 17.5 Å². The van der Waals surface area contributed by atoms with Gasteiger partial charge >= 0.3 is 0 Å². The third kappa shape index (κ3) is 4.06. The SMILES string of the molecule is Cc1cccc(C(=O)NCc2ccc3c(c2)N(C(=O)c2cccc(C)c2)CC3)c1. The van der Waals surface area contributed by atoms with Crippen LogP contribution in [0.2, 0.25) is 0 Å². The van der Waals surface area contributed by atoms with Crippen LogP contribution in [0.4, 0.5) is 5.69 Å². The van der Waals surface area contributed by atoms with Crippen LogP contribution in [-0.2, 0) is 13.0 Å². The van der Waals surface area contributed by atoms with Crippen molar-refractivity contribution < 1.29 is 9.59 Å². The predicted molar refractivity (Wildman–Crippen MR) is 115 cm³/mol. The average molecular weight is 384 g/mol. The van der Waals surface area contributed by atoms with Gasteiger partial charge in [-0.05, 0) is 61.7 Å². The minimum absolute atomic E-state index is 0.0217. The molecular formula is C25H24N2O2. The standard InChI is InChI=1S/C25H24N2O2/c1-17-5-3-7-21(13-17)24(28)26-16-19-9-10-20-11-12-27(23(20)15-19)25(29)22-8-4-6-18(2)14-22/h3-10,13-15H,11-12,16H2,1-2H3,(H,26,28). The molecule has 1 aliphatic heterocycles. The monoisotopic (exact) mass is 384 g/mol. The fourth-order valence-electron chi connectivity index (χ4n) is 3.75. The van der Waals surface area contributed by atoms with Crippen molar-refractivity contribution in [3.05, 3.63) is 100 Å². The van der Waals surface area contributed by atoms with Crippen molar-refractivity contribution in [2.24, 2.45) is 0 Å². The minimum Gasteiger partial charge on any atom is -0.348 e. The van der Waals surface area contributed by atoms with Gasteiger partial charge in [-0.15, -0.1) is 0 Å². The Hall–Kier alpha value is -3.40. The summed E-state index contributed by atoms with van der Waals surface area (Å²) >= 11 is 0. The van der Waals surface area contributed by atoms with Crippen LogP contribution in [-0.4, -0.2) is 18.4 Å². The first-order chi connectivity index (χ1) is 14.0. The highest BCUT2D eigenvalue weighted by Crippen LogP contribution is 2.30. The Bertz CT molecular complexity index is 1090. The van der Waals surface area contributed by atoms with Crippen LogP contribution in [0.15, 0.2) is 66.7 Å². The van der Waals surface area contributed by atoms with Gasteiger partial charge in [0.1, 0.15) is 0 Å². The van der Waals surface area contributed by atoms with Gasteiger partial charge in [-0.3, -0.25) is 9.59 Å². The summed E-state index contributed by atoms with van der Waals surface area (Å²) in [6.07, 6.45) is 0.850. The van der Waals surface area contributed by atoms with E-state index in [-0.39, 0.29) is 11.8 Å². The molecule has 0 spiro atoms. The van der Waals surface area contributed by atoms with Gasteiger partial charge in [0.05, 0.1) is 0 Å². The van der Waals surface area contributed by atoms with Gasteiger partial charge in [0, 0.05) is 29.9 Å². The van der Waals surface area contributed by atoms with Crippen molar-refractivity contribution in [3.8, 4) is 0 Å². The van der Waals surface area contributed by atoms with Crippen LogP contribution >= 0.6 is 0 Å². The Morgan fingerprint density at radius 2 is 1.59 bits per heavy atom. The number of fused-ring (bicyclic) bond motifs is 1. The molecular weight excluding hydrogens is 360 g/mol. The fourth-order valence-corrected chi connectivity index (χ4v) is 3.75. The summed E-state index contributed by atoms with van der Waals surface area (Å²) in [5.74, 6) is -0.0738. The van der Waals surface area contributed by atoms with Crippen molar-refractivity contribution in [1.29, 1.82) is 0 Å². The predicted octanol–water partition coefficient (Wildman–Crippen LogP) is 4.44. The second kappa shape index (κ2) is 7.92. The number of aryl methyl sites for hydroxylation is 2. The molecule has 0 atom stereocenters. The maximum Gasteiger partial charge on any atom is 0.258 e. The number of hydrogen-bond donors (Lipinski definition) is 1. The number of nitrogens with zero attached hydrogens (tertiary/aromatic N) is 1. The van der Waals surface area contributed by atoms with E-state index in [0.717, 1.165) is 28.8 Å². The zero-order chi connectivity index (χ0) is 20.4. The number of hydrogen-bond acceptors (Lipinski definition) is 2. The van der Waals surface area contributed by atoms with E-state index in [9.17, 15) is 9.59 Å². The van der Waals surface area contributed by atoms with Gasteiger partial charge in [0.15, 0.2) is 0 Å². The van der Waals surface area contributed by atoms with Crippen LogP contribution in [0.25, 0.3) is 0 Å². The van der Waals surface area contributed by atoms with Gasteiger partial charge in [0.25, 0.3) is 11.8 Å². The van der Waals surface area contributed by atoms with Crippen LogP contribution in [0.1, 0.15) is 43.0 Å². The van der Waals surface area contributed by atoms with E-state index in [1.54, 1.807) is 0 Å². The zero-order valence-electron chi connectivity index (χ0n) is 16.7. The quantitative estimate of drug-likeness (QED) is 0.723. The van der Waals surface area contributed by atoms with Crippen LogP contribution in [0, 0.1) is 13.8 Å². The summed E-state index contributed by atoms with van der Waals surface area (Å²) in [7, 11) is 0. The molecule has 0 saturated heterocycles. The molecule has 0 saturated carbocycles. The Morgan fingerprint density at radius 3 is 2.31 bits per heavy atom. The van der Waals surface area contributed by atoms with Gasteiger partial charge in [-0.25, -0.2) is 0 Å². The summed E-state index contributed by atoms with van der Waals surface area (Å²) < 4.78 is 0. The van der Waals surface area contributed by atoms with E-state index < -0.39 is 0 Å². The molecule has 2 amide bonds. The Morgan fingerprint density at radius 1 is 0.897 bits per heavy atom. The highest BCUT2D eigenvalue weighted by Gasteiger charge is 2.25. The van der Waals surface area contributed by atoms with Gasteiger partial charge < -0.3 is 10.2 Å². The van der Waals surface area contributed by atoms with E-state index in [1.807, 2.05) is 79.4 Å². The molecule has 1 aliphatic rings. The van der Waals surface area contributed by atoms with E-state index in [2.05, 4.69) is 11.4 Å². The molecule has 0 unspecified atom stereocenters. The maximum atomic E-state index is 13.0. The van der Waals surface area contributed by atoms with Crippen LogP contribution < -0.4 is 10.2 Å². The van der Waals surface area contributed by atoms with E-state index >= 15 is 0 Å². The normalized spacial score (nSPS) is 12.6. The number of benzene rings is 3. The minimum atomic E-state index is -0.0955. The van der Waals surface area contributed by atoms with Crippen molar-refractivity contribution in [3.63, 3.8) is 0 Å². The lowest BCUT2D eigenvalue weighted by Crippen LogP contribution is -2.29. The molecule has 0 aliphatic carbocycles. The summed E-state index contributed by atoms with van der Waals surface area (Å²) in [6.45, 7) is 5.06. The number of nitrogens with one attached hydrogen (secondary N) is 1. The lowest BCUT2D eigenvalue weighted by molar-refractivity contribution is 0.0949. The van der Waals surface area contributed by atoms with Gasteiger partial charge in [-0.2, -0.15) is 0 Å². The molecule has 1 N–H and O–H groups in total. The Labute approximate surface area is 171 Å². The van der Waals surface area contributed by atoms with Crippen molar-refractivity contribution in [2.75, 3.05) is 11.4 Å². The number of carbonyl (C=O) groups is 2. The fraction of sp³-hybridized carbons (Fsp3) is 0.200. The Kier molecular flexibility index (Phi) is 5.17. The molecule has 4 rings (SSSR count). The van der Waals surface area contributed by atoms with E-state index in [4.69, 9.17) is 0 Å². The van der Waals surface area contributed by atoms with Gasteiger partial charge in [0.2, 0.25) is 0 Å². The third-order valence-electron chi connectivity index (χ3n) is 5.29. The summed E-state index contributed by atoms with van der Waals surface area (Å²) in [4.78, 5) is 27.3. The lowest BCUT2D eigenvalue weighted by Gasteiger charge is -2.18. The highest BCUT2D eigenvalue weighted by molar-refractivity contribution is 6.07. The largest absolute Gasteiger partial charge is 0.348 e. The van der Waals surface area contributed by atoms with Crippen molar-refractivity contribution in [2.45, 2.75) is 26.8 Å². The molecule has 4 heteroatoms. The first kappa shape index (κ1) is 18.9. The van der Waals surface area contributed by atoms with Gasteiger partial charge in [-0.1, -0.05) is 47.5 Å². The first-order valence-electron chi connectivity index (χ1n) is 9.86. The summed E-state index contributed by atoms with van der Waals surface area (Å²) in [5, 5.41) is 2.97. The molecule has 0 bridgehead atoms. The van der Waals surface area contributed by atoms with Crippen LogP contribution in [0.5, 0.6) is 0 Å². The molecule has 146 valence electrons. The van der Waals surface area contributed by atoms with Crippen LogP contribution in [0.3, 0.4) is 0 Å². The number of rotatable bonds is 4. The second-order valence-electron chi connectivity index (χ2n) is 7.59. The number of carbonyl (C=O) groups excluding carboxylic acids is 2. The summed E-state index contributed by atoms with van der Waals surface area (Å²) in [5.41, 5.74) is 6.58. The lowest BCUT2D eigenvalue weighted by atomic mass is 10.1. The van der Waals surface area contributed by atoms with E-state index in [0.29, 0.717) is 24.2 Å². The molecule has 4 nitrogen and oxygen atoms in total. The first-order valence-corrected chi connectivity index (χ1v) is 9.86. The molecule has 3 aromatic rings. The maximum absolute atomic E-state index is 13.0. The topological polar surface area (TPSA) is 49.4 Å². The molecule has 0 radical (unpaired) electrons. The molecule has 3 aromatic carbocycles. The number of anilines is 1. The zero-order valence-corrected chi connectivity index (χ0v) is 16.7. The van der Waals surface area contributed by atoms with Crippen molar-refractivity contribution in [1.82, 2.24) is 5.32 Å². The highest BCUT2D eigenvalue weighted by atomic mass is 16.2. The molecule has 1 heterocycles. The average Bonchev–Trinajstić information content (AvgIpc) is 3.14. The third-order valence-corrected chi connectivity index (χ3v) is 5.29. The summed E-state index contributed by atoms with van der Waals surface area (Å²) in [6, 6.07) is 21.3. The molecule has 0 aromatic heterocycles. The molecule has 29 heavy (non-hydrogen) atoms.